The lowest BCUT2D eigenvalue weighted by atomic mass is 10.1. The van der Waals surface area contributed by atoms with Crippen molar-refractivity contribution in [1.29, 1.82) is 0 Å². The highest BCUT2D eigenvalue weighted by Crippen LogP contribution is 2.11. The first-order valence-corrected chi connectivity index (χ1v) is 8.87. The van der Waals surface area contributed by atoms with Gasteiger partial charge in [0.05, 0.1) is 7.05 Å². The third kappa shape index (κ3) is 5.49. The van der Waals surface area contributed by atoms with Crippen molar-refractivity contribution in [1.82, 2.24) is 5.32 Å². The first-order valence-electron chi connectivity index (χ1n) is 8.87. The van der Waals surface area contributed by atoms with E-state index in [1.807, 2.05) is 26.1 Å². The molecule has 0 aromatic heterocycles. The minimum atomic E-state index is -0.287. The lowest BCUT2D eigenvalue weighted by molar-refractivity contribution is -0.907. The lowest BCUT2D eigenvalue weighted by Crippen LogP contribution is -3.12. The highest BCUT2D eigenvalue weighted by atomic mass is 16.2. The Morgan fingerprint density at radius 1 is 1.04 bits per heavy atom. The number of hydrogen-bond acceptors (Lipinski definition) is 3. The average molecular weight is 368 g/mol. The van der Waals surface area contributed by atoms with E-state index in [-0.39, 0.29) is 23.6 Å². The van der Waals surface area contributed by atoms with Gasteiger partial charge in [0.15, 0.2) is 11.8 Å². The number of quaternary nitrogens is 1. The van der Waals surface area contributed by atoms with Gasteiger partial charge in [-0.1, -0.05) is 24.3 Å². The summed E-state index contributed by atoms with van der Waals surface area (Å²) in [6, 6.07) is 14.0. The minimum Gasteiger partial charge on any atom is -0.355 e. The summed E-state index contributed by atoms with van der Waals surface area (Å²) < 4.78 is 0. The van der Waals surface area contributed by atoms with Gasteiger partial charge in [-0.2, -0.15) is 0 Å². The SMILES string of the molecule is CNC(=O)c1ccc(C[NH+](C)[C@@H](C)C(=O)Nc2cccc(C(C)=O)c2)cc1. The molecule has 2 amide bonds. The number of ketones is 1. The van der Waals surface area contributed by atoms with Crippen molar-refractivity contribution in [3.05, 3.63) is 65.2 Å². The molecule has 0 saturated heterocycles. The molecule has 142 valence electrons. The van der Waals surface area contributed by atoms with Crippen LogP contribution in [0.25, 0.3) is 0 Å². The van der Waals surface area contributed by atoms with Gasteiger partial charge in [0, 0.05) is 29.4 Å². The van der Waals surface area contributed by atoms with Crippen LogP contribution in [-0.2, 0) is 11.3 Å². The van der Waals surface area contributed by atoms with Crippen molar-refractivity contribution >= 4 is 23.3 Å². The van der Waals surface area contributed by atoms with E-state index < -0.39 is 0 Å². The Hall–Kier alpha value is -2.99. The van der Waals surface area contributed by atoms with Crippen LogP contribution >= 0.6 is 0 Å². The summed E-state index contributed by atoms with van der Waals surface area (Å²) in [6.45, 7) is 4.01. The molecule has 0 saturated carbocycles. The molecule has 0 heterocycles. The van der Waals surface area contributed by atoms with Crippen LogP contribution in [0.5, 0.6) is 0 Å². The standard InChI is InChI=1S/C21H25N3O3/c1-14(20(26)23-19-7-5-6-18(12-19)15(2)25)24(4)13-16-8-10-17(11-9-16)21(27)22-3/h5-12,14H,13H2,1-4H3,(H,22,27)(H,23,26)/p+1/t14-/m0/s1. The van der Waals surface area contributed by atoms with Gasteiger partial charge in [-0.25, -0.2) is 0 Å². The number of rotatable bonds is 7. The summed E-state index contributed by atoms with van der Waals surface area (Å²) in [4.78, 5) is 36.6. The molecule has 0 radical (unpaired) electrons. The number of carbonyl (C=O) groups excluding carboxylic acids is 3. The normalized spacial score (nSPS) is 12.7. The Balaban J connectivity index is 1.98. The Bertz CT molecular complexity index is 831. The number of Topliss-reactive ketones (excluding diaryl/α,β-unsaturated/α-hetero) is 1. The van der Waals surface area contributed by atoms with E-state index in [0.717, 1.165) is 10.5 Å². The molecule has 6 nitrogen and oxygen atoms in total. The molecule has 0 aliphatic heterocycles. The third-order valence-corrected chi connectivity index (χ3v) is 4.60. The summed E-state index contributed by atoms with van der Waals surface area (Å²) in [5.41, 5.74) is 2.83. The molecule has 2 atom stereocenters. The van der Waals surface area contributed by atoms with Crippen molar-refractivity contribution in [3.63, 3.8) is 0 Å². The summed E-state index contributed by atoms with van der Waals surface area (Å²) in [5, 5.41) is 5.46. The number of amides is 2. The molecule has 2 rings (SSSR count). The van der Waals surface area contributed by atoms with Gasteiger partial charge in [0.25, 0.3) is 11.8 Å². The van der Waals surface area contributed by atoms with E-state index in [1.165, 1.54) is 6.92 Å². The molecule has 0 aliphatic rings. The average Bonchev–Trinajstić information content (AvgIpc) is 2.67. The highest BCUT2D eigenvalue weighted by molar-refractivity contribution is 5.98. The van der Waals surface area contributed by atoms with E-state index in [9.17, 15) is 14.4 Å². The molecule has 3 N–H and O–H groups in total. The summed E-state index contributed by atoms with van der Waals surface area (Å²) in [5.74, 6) is -0.278. The van der Waals surface area contributed by atoms with Gasteiger partial charge in [0.1, 0.15) is 6.54 Å². The molecular formula is C21H26N3O3+. The maximum Gasteiger partial charge on any atom is 0.282 e. The number of hydrogen-bond donors (Lipinski definition) is 3. The summed E-state index contributed by atoms with van der Waals surface area (Å²) >= 11 is 0. The maximum absolute atomic E-state index is 12.5. The van der Waals surface area contributed by atoms with E-state index in [2.05, 4.69) is 10.6 Å². The lowest BCUT2D eigenvalue weighted by Gasteiger charge is -2.21. The fourth-order valence-electron chi connectivity index (χ4n) is 2.68. The van der Waals surface area contributed by atoms with Crippen LogP contribution in [0.2, 0.25) is 0 Å². The minimum absolute atomic E-state index is 0.0397. The monoisotopic (exact) mass is 368 g/mol. The first kappa shape index (κ1) is 20.3. The van der Waals surface area contributed by atoms with Gasteiger partial charge in [-0.05, 0) is 38.1 Å². The van der Waals surface area contributed by atoms with Crippen LogP contribution in [0.4, 0.5) is 5.69 Å². The van der Waals surface area contributed by atoms with Gasteiger partial charge < -0.3 is 15.5 Å². The van der Waals surface area contributed by atoms with Crippen LogP contribution in [0.3, 0.4) is 0 Å². The number of nitrogens with one attached hydrogen (secondary N) is 3. The van der Waals surface area contributed by atoms with Crippen LogP contribution in [0.1, 0.15) is 40.1 Å². The van der Waals surface area contributed by atoms with Crippen LogP contribution in [0, 0.1) is 0 Å². The Morgan fingerprint density at radius 3 is 2.30 bits per heavy atom. The second-order valence-electron chi connectivity index (χ2n) is 6.65. The molecule has 0 spiro atoms. The molecule has 0 aliphatic carbocycles. The van der Waals surface area contributed by atoms with Crippen molar-refractivity contribution in [2.45, 2.75) is 26.4 Å². The van der Waals surface area contributed by atoms with E-state index >= 15 is 0 Å². The Labute approximate surface area is 159 Å². The van der Waals surface area contributed by atoms with Crippen molar-refractivity contribution < 1.29 is 19.3 Å². The molecule has 0 fully saturated rings. The maximum atomic E-state index is 12.5. The number of likely N-dealkylation sites (N-methyl/N-ethyl adjacent to an activating group) is 1. The quantitative estimate of drug-likeness (QED) is 0.645. The molecule has 2 aromatic carbocycles. The van der Waals surface area contributed by atoms with Crippen LogP contribution < -0.4 is 15.5 Å². The molecule has 27 heavy (non-hydrogen) atoms. The molecule has 2 aromatic rings. The third-order valence-electron chi connectivity index (χ3n) is 4.60. The van der Waals surface area contributed by atoms with Crippen molar-refractivity contribution in [3.8, 4) is 0 Å². The molecule has 0 bridgehead atoms. The highest BCUT2D eigenvalue weighted by Gasteiger charge is 2.22. The molecule has 6 heteroatoms. The number of carbonyl (C=O) groups is 3. The van der Waals surface area contributed by atoms with Crippen molar-refractivity contribution in [2.75, 3.05) is 19.4 Å². The van der Waals surface area contributed by atoms with Gasteiger partial charge in [0.2, 0.25) is 0 Å². The second kappa shape index (κ2) is 9.09. The van der Waals surface area contributed by atoms with E-state index in [1.54, 1.807) is 43.4 Å². The van der Waals surface area contributed by atoms with Gasteiger partial charge in [-0.15, -0.1) is 0 Å². The fraction of sp³-hybridized carbons (Fsp3) is 0.286. The van der Waals surface area contributed by atoms with Gasteiger partial charge in [-0.3, -0.25) is 14.4 Å². The predicted octanol–water partition coefficient (Wildman–Crippen LogP) is 1.29. The number of anilines is 1. The molecular weight excluding hydrogens is 342 g/mol. The van der Waals surface area contributed by atoms with E-state index in [4.69, 9.17) is 0 Å². The number of benzene rings is 2. The zero-order valence-corrected chi connectivity index (χ0v) is 16.1. The van der Waals surface area contributed by atoms with E-state index in [0.29, 0.717) is 23.4 Å². The molecule has 1 unspecified atom stereocenters. The fourth-order valence-corrected chi connectivity index (χ4v) is 2.68. The van der Waals surface area contributed by atoms with Crippen molar-refractivity contribution in [2.24, 2.45) is 0 Å². The smallest absolute Gasteiger partial charge is 0.282 e. The Kier molecular flexibility index (Phi) is 6.85. The topological polar surface area (TPSA) is 79.7 Å². The Morgan fingerprint density at radius 2 is 1.70 bits per heavy atom. The summed E-state index contributed by atoms with van der Waals surface area (Å²) in [6.07, 6.45) is 0. The van der Waals surface area contributed by atoms with Crippen LogP contribution in [0.15, 0.2) is 48.5 Å². The van der Waals surface area contributed by atoms with Crippen LogP contribution in [-0.4, -0.2) is 37.7 Å². The predicted molar refractivity (Wildman–Crippen MR) is 105 cm³/mol. The zero-order chi connectivity index (χ0) is 20.0. The zero-order valence-electron chi connectivity index (χ0n) is 16.1. The summed E-state index contributed by atoms with van der Waals surface area (Å²) in [7, 11) is 3.55. The van der Waals surface area contributed by atoms with Gasteiger partial charge >= 0.3 is 0 Å². The second-order valence-corrected chi connectivity index (χ2v) is 6.65. The largest absolute Gasteiger partial charge is 0.355 e. The first-order chi connectivity index (χ1) is 12.8.